The summed E-state index contributed by atoms with van der Waals surface area (Å²) < 4.78 is 5.25. The Kier molecular flexibility index (Phi) is 10.7. The van der Waals surface area contributed by atoms with E-state index in [9.17, 15) is 0 Å². The first kappa shape index (κ1) is 21.9. The minimum absolute atomic E-state index is 0. The molecular formula is C18H27IN4OS. The summed E-state index contributed by atoms with van der Waals surface area (Å²) in [6, 6.07) is 8.25. The Hall–Kier alpha value is -1.19. The van der Waals surface area contributed by atoms with Crippen LogP contribution in [0, 0.1) is 6.92 Å². The topological polar surface area (TPSA) is 58.5 Å². The number of ether oxygens (including phenoxy) is 1. The molecule has 0 unspecified atom stereocenters. The van der Waals surface area contributed by atoms with Crippen LogP contribution in [0.3, 0.4) is 0 Å². The van der Waals surface area contributed by atoms with E-state index < -0.39 is 0 Å². The van der Waals surface area contributed by atoms with Crippen LogP contribution >= 0.6 is 35.3 Å². The van der Waals surface area contributed by atoms with E-state index in [2.05, 4.69) is 46.6 Å². The lowest BCUT2D eigenvalue weighted by Gasteiger charge is -2.12. The summed E-state index contributed by atoms with van der Waals surface area (Å²) in [5.74, 6) is 0.831. The minimum atomic E-state index is 0. The van der Waals surface area contributed by atoms with Crippen LogP contribution in [0.15, 0.2) is 35.5 Å². The highest BCUT2D eigenvalue weighted by Crippen LogP contribution is 2.12. The third-order valence-corrected chi connectivity index (χ3v) is 4.44. The zero-order valence-corrected chi connectivity index (χ0v) is 18.2. The van der Waals surface area contributed by atoms with Gasteiger partial charge in [0.1, 0.15) is 0 Å². The van der Waals surface area contributed by atoms with Gasteiger partial charge in [-0.1, -0.05) is 24.3 Å². The number of halogens is 1. The van der Waals surface area contributed by atoms with Gasteiger partial charge in [-0.05, 0) is 25.0 Å². The fourth-order valence-electron chi connectivity index (χ4n) is 2.32. The molecule has 0 atom stereocenters. The van der Waals surface area contributed by atoms with E-state index in [1.54, 1.807) is 18.4 Å². The number of hydrogen-bond acceptors (Lipinski definition) is 4. The standard InChI is InChI=1S/C18H26N4OS.HI/c1-4-19-18(20-10-9-17-21-11-14(2)24-17)22-12-15-7-5-6-8-16(15)13-23-3;/h5-8,11H,4,9-10,12-13H2,1-3H3,(H2,19,20,22);1H. The van der Waals surface area contributed by atoms with Gasteiger partial charge in [0.2, 0.25) is 0 Å². The Morgan fingerprint density at radius 2 is 2.00 bits per heavy atom. The van der Waals surface area contributed by atoms with Gasteiger partial charge in [0, 0.05) is 37.7 Å². The van der Waals surface area contributed by atoms with Crippen molar-refractivity contribution in [3.05, 3.63) is 51.5 Å². The molecule has 25 heavy (non-hydrogen) atoms. The van der Waals surface area contributed by atoms with Crippen LogP contribution in [0.1, 0.15) is 27.9 Å². The van der Waals surface area contributed by atoms with E-state index >= 15 is 0 Å². The molecule has 1 aromatic carbocycles. The number of aromatic nitrogens is 1. The summed E-state index contributed by atoms with van der Waals surface area (Å²) in [7, 11) is 1.71. The van der Waals surface area contributed by atoms with Gasteiger partial charge in [-0.2, -0.15) is 0 Å². The van der Waals surface area contributed by atoms with Crippen molar-refractivity contribution in [3.8, 4) is 0 Å². The molecule has 1 heterocycles. The second-order valence-corrected chi connectivity index (χ2v) is 6.76. The van der Waals surface area contributed by atoms with Crippen LogP contribution < -0.4 is 10.6 Å². The third-order valence-electron chi connectivity index (χ3n) is 3.47. The molecule has 7 heteroatoms. The highest BCUT2D eigenvalue weighted by molar-refractivity contribution is 14.0. The predicted molar refractivity (Wildman–Crippen MR) is 116 cm³/mol. The number of thiazole rings is 1. The van der Waals surface area contributed by atoms with Crippen LogP contribution in [0.25, 0.3) is 0 Å². The van der Waals surface area contributed by atoms with Gasteiger partial charge in [-0.25, -0.2) is 9.98 Å². The van der Waals surface area contributed by atoms with Gasteiger partial charge < -0.3 is 15.4 Å². The molecule has 138 valence electrons. The lowest BCUT2D eigenvalue weighted by atomic mass is 10.1. The Bertz CT molecular complexity index is 660. The van der Waals surface area contributed by atoms with Crippen molar-refractivity contribution < 1.29 is 4.74 Å². The fraction of sp³-hybridized carbons (Fsp3) is 0.444. The monoisotopic (exact) mass is 474 g/mol. The minimum Gasteiger partial charge on any atom is -0.380 e. The van der Waals surface area contributed by atoms with Crippen LogP contribution in [0.4, 0.5) is 0 Å². The summed E-state index contributed by atoms with van der Waals surface area (Å²) in [6.07, 6.45) is 2.83. The molecule has 0 spiro atoms. The van der Waals surface area contributed by atoms with E-state index in [4.69, 9.17) is 4.74 Å². The first-order valence-electron chi connectivity index (χ1n) is 8.22. The number of aliphatic imine (C=N–C) groups is 1. The largest absolute Gasteiger partial charge is 0.380 e. The van der Waals surface area contributed by atoms with Crippen molar-refractivity contribution in [1.29, 1.82) is 0 Å². The van der Waals surface area contributed by atoms with Gasteiger partial charge >= 0.3 is 0 Å². The molecule has 5 nitrogen and oxygen atoms in total. The van der Waals surface area contributed by atoms with E-state index in [-0.39, 0.29) is 24.0 Å². The van der Waals surface area contributed by atoms with Gasteiger partial charge in [0.25, 0.3) is 0 Å². The van der Waals surface area contributed by atoms with Gasteiger partial charge in [-0.3, -0.25) is 0 Å². The molecule has 2 aromatic rings. The van der Waals surface area contributed by atoms with E-state index in [0.717, 1.165) is 30.5 Å². The van der Waals surface area contributed by atoms with Crippen molar-refractivity contribution in [1.82, 2.24) is 15.6 Å². The molecule has 0 radical (unpaired) electrons. The van der Waals surface area contributed by atoms with Gasteiger partial charge in [0.05, 0.1) is 18.2 Å². The molecule has 0 aliphatic carbocycles. The van der Waals surface area contributed by atoms with Crippen molar-refractivity contribution in [2.24, 2.45) is 4.99 Å². The molecule has 0 amide bonds. The van der Waals surface area contributed by atoms with Crippen LogP contribution in [0.2, 0.25) is 0 Å². The van der Waals surface area contributed by atoms with E-state index in [1.807, 2.05) is 18.3 Å². The SMILES string of the molecule is CCNC(=NCc1ccccc1COC)NCCc1ncc(C)s1.I. The Labute approximate surface area is 171 Å². The number of nitrogens with zero attached hydrogens (tertiary/aromatic N) is 2. The Morgan fingerprint density at radius 3 is 2.64 bits per heavy atom. The zero-order valence-electron chi connectivity index (χ0n) is 15.0. The average Bonchev–Trinajstić information content (AvgIpc) is 2.99. The molecule has 0 fully saturated rings. The lowest BCUT2D eigenvalue weighted by Crippen LogP contribution is -2.38. The lowest BCUT2D eigenvalue weighted by molar-refractivity contribution is 0.184. The first-order chi connectivity index (χ1) is 11.7. The zero-order chi connectivity index (χ0) is 17.2. The van der Waals surface area contributed by atoms with Crippen LogP contribution in [-0.2, 0) is 24.3 Å². The molecule has 1 aromatic heterocycles. The smallest absolute Gasteiger partial charge is 0.191 e. The maximum absolute atomic E-state index is 5.25. The summed E-state index contributed by atoms with van der Waals surface area (Å²) >= 11 is 1.75. The molecular weight excluding hydrogens is 447 g/mol. The molecule has 2 rings (SSSR count). The van der Waals surface area contributed by atoms with Crippen molar-refractivity contribution in [2.75, 3.05) is 20.2 Å². The van der Waals surface area contributed by atoms with E-state index in [0.29, 0.717) is 13.2 Å². The number of benzene rings is 1. The Balaban J connectivity index is 0.00000312. The van der Waals surface area contributed by atoms with Crippen LogP contribution in [-0.4, -0.2) is 31.1 Å². The normalized spacial score (nSPS) is 11.1. The molecule has 0 bridgehead atoms. The number of methoxy groups -OCH3 is 1. The number of aryl methyl sites for hydroxylation is 1. The molecule has 0 saturated carbocycles. The van der Waals surface area contributed by atoms with Crippen molar-refractivity contribution in [3.63, 3.8) is 0 Å². The number of nitrogens with one attached hydrogen (secondary N) is 2. The maximum atomic E-state index is 5.25. The first-order valence-corrected chi connectivity index (χ1v) is 9.03. The molecule has 0 saturated heterocycles. The van der Waals surface area contributed by atoms with Gasteiger partial charge in [-0.15, -0.1) is 35.3 Å². The second-order valence-electron chi connectivity index (χ2n) is 5.44. The average molecular weight is 474 g/mol. The summed E-state index contributed by atoms with van der Waals surface area (Å²) in [5, 5.41) is 7.81. The van der Waals surface area contributed by atoms with Crippen molar-refractivity contribution >= 4 is 41.3 Å². The van der Waals surface area contributed by atoms with Crippen molar-refractivity contribution in [2.45, 2.75) is 33.4 Å². The molecule has 0 aliphatic rings. The van der Waals surface area contributed by atoms with Gasteiger partial charge in [0.15, 0.2) is 5.96 Å². The number of rotatable bonds is 8. The molecule has 0 aliphatic heterocycles. The maximum Gasteiger partial charge on any atom is 0.191 e. The van der Waals surface area contributed by atoms with Crippen LogP contribution in [0.5, 0.6) is 0 Å². The highest BCUT2D eigenvalue weighted by atomic mass is 127. The summed E-state index contributed by atoms with van der Waals surface area (Å²) in [6.45, 7) is 7.04. The van der Waals surface area contributed by atoms with E-state index in [1.165, 1.54) is 16.0 Å². The molecule has 2 N–H and O–H groups in total. The number of hydrogen-bond donors (Lipinski definition) is 2. The quantitative estimate of drug-likeness (QED) is 0.349. The highest BCUT2D eigenvalue weighted by Gasteiger charge is 2.03. The summed E-state index contributed by atoms with van der Waals surface area (Å²) in [5.41, 5.74) is 2.37. The summed E-state index contributed by atoms with van der Waals surface area (Å²) in [4.78, 5) is 10.3. The number of guanidine groups is 1. The predicted octanol–water partition coefficient (Wildman–Crippen LogP) is 3.51. The fourth-order valence-corrected chi connectivity index (χ4v) is 3.11. The third kappa shape index (κ3) is 7.70. The second kappa shape index (κ2) is 12.2. The Morgan fingerprint density at radius 1 is 1.24 bits per heavy atom.